The normalized spacial score (nSPS) is 20.2. The van der Waals surface area contributed by atoms with Crippen molar-refractivity contribution in [2.24, 2.45) is 0 Å². The Hall–Kier alpha value is -2.53. The second kappa shape index (κ2) is 7.24. The van der Waals surface area contributed by atoms with Crippen LogP contribution in [0.4, 0.5) is 5.82 Å². The van der Waals surface area contributed by atoms with Gasteiger partial charge in [-0.1, -0.05) is 0 Å². The summed E-state index contributed by atoms with van der Waals surface area (Å²) >= 11 is 0. The maximum absolute atomic E-state index is 9.97. The molecule has 0 radical (unpaired) electrons. The van der Waals surface area contributed by atoms with Gasteiger partial charge in [0.2, 0.25) is 0 Å². The van der Waals surface area contributed by atoms with Crippen molar-refractivity contribution in [3.05, 3.63) is 42.4 Å². The zero-order valence-electron chi connectivity index (χ0n) is 14.2. The highest BCUT2D eigenvalue weighted by molar-refractivity contribution is 5.86. The molecule has 3 aromatic rings. The SMILES string of the molecule is Cl.Cl.N#Cc1cnn2cc(O)cc(-c3ccc(N4CC5CC(C4)N5)nc3)c12. The van der Waals surface area contributed by atoms with E-state index < -0.39 is 0 Å². The minimum absolute atomic E-state index is 0. The van der Waals surface area contributed by atoms with E-state index in [-0.39, 0.29) is 30.6 Å². The number of nitrogens with one attached hydrogen (secondary N) is 1. The second-order valence-corrected chi connectivity index (χ2v) is 6.68. The molecule has 6 heterocycles. The highest BCUT2D eigenvalue weighted by Gasteiger charge is 2.36. The van der Waals surface area contributed by atoms with Gasteiger partial charge in [0.25, 0.3) is 0 Å². The number of halogens is 2. The summed E-state index contributed by atoms with van der Waals surface area (Å²) < 4.78 is 1.53. The summed E-state index contributed by atoms with van der Waals surface area (Å²) in [6.45, 7) is 1.97. The Labute approximate surface area is 168 Å². The van der Waals surface area contributed by atoms with E-state index in [1.165, 1.54) is 23.3 Å². The molecular weight excluding hydrogens is 387 g/mol. The van der Waals surface area contributed by atoms with Crippen LogP contribution >= 0.6 is 24.8 Å². The van der Waals surface area contributed by atoms with Crippen LogP contribution in [-0.4, -0.2) is 44.9 Å². The van der Waals surface area contributed by atoms with E-state index in [0.29, 0.717) is 23.2 Å². The molecule has 0 aromatic carbocycles. The number of pyridine rings is 2. The van der Waals surface area contributed by atoms with E-state index >= 15 is 0 Å². The van der Waals surface area contributed by atoms with Crippen molar-refractivity contribution >= 4 is 36.1 Å². The van der Waals surface area contributed by atoms with Crippen molar-refractivity contribution in [3.8, 4) is 22.9 Å². The third-order valence-electron chi connectivity index (χ3n) is 5.02. The van der Waals surface area contributed by atoms with E-state index in [9.17, 15) is 10.4 Å². The number of piperidine rings is 1. The van der Waals surface area contributed by atoms with E-state index in [1.807, 2.05) is 12.1 Å². The van der Waals surface area contributed by atoms with Gasteiger partial charge in [-0.3, -0.25) is 0 Å². The molecule has 2 unspecified atom stereocenters. The van der Waals surface area contributed by atoms with Gasteiger partial charge < -0.3 is 15.3 Å². The fraction of sp³-hybridized carbons (Fsp3) is 0.278. The Balaban J connectivity index is 0.00000105. The molecule has 3 aliphatic rings. The lowest BCUT2D eigenvalue weighted by Crippen LogP contribution is -2.67. The standard InChI is InChI=1S/C18H16N6O.2ClH/c19-5-12-7-21-24-10-15(25)4-16(18(12)24)11-1-2-17(20-6-11)23-8-13-3-14(9-23)22-13;;/h1-2,4,6-7,10,13-14,22,25H,3,8-9H2;2*1H. The molecule has 2 bridgehead atoms. The molecule has 0 amide bonds. The number of piperazine rings is 1. The molecule has 3 fully saturated rings. The Kier molecular flexibility index (Phi) is 5.16. The lowest BCUT2D eigenvalue weighted by atomic mass is 9.91. The van der Waals surface area contributed by atoms with Crippen LogP contribution in [0.5, 0.6) is 5.75 Å². The number of anilines is 1. The molecule has 6 rings (SSSR count). The molecule has 7 nitrogen and oxygen atoms in total. The van der Waals surface area contributed by atoms with Crippen LogP contribution in [0.2, 0.25) is 0 Å². The second-order valence-electron chi connectivity index (χ2n) is 6.68. The van der Waals surface area contributed by atoms with Crippen LogP contribution in [0, 0.1) is 11.3 Å². The highest BCUT2D eigenvalue weighted by atomic mass is 35.5. The first-order chi connectivity index (χ1) is 12.2. The average Bonchev–Trinajstić information content (AvgIpc) is 3.03. The van der Waals surface area contributed by atoms with Crippen LogP contribution in [0.3, 0.4) is 0 Å². The Bertz CT molecular complexity index is 997. The van der Waals surface area contributed by atoms with Crippen molar-refractivity contribution in [2.45, 2.75) is 18.5 Å². The van der Waals surface area contributed by atoms with Gasteiger partial charge in [0.1, 0.15) is 17.6 Å². The maximum Gasteiger partial charge on any atom is 0.134 e. The first-order valence-corrected chi connectivity index (χ1v) is 8.29. The molecule has 2 N–H and O–H groups in total. The molecule has 2 atom stereocenters. The quantitative estimate of drug-likeness (QED) is 0.681. The van der Waals surface area contributed by atoms with Gasteiger partial charge in [0, 0.05) is 42.5 Å². The first-order valence-electron chi connectivity index (χ1n) is 8.29. The van der Waals surface area contributed by atoms with E-state index in [0.717, 1.165) is 30.0 Å². The molecule has 140 valence electrons. The van der Waals surface area contributed by atoms with Crippen LogP contribution in [0.15, 0.2) is 36.8 Å². The summed E-state index contributed by atoms with van der Waals surface area (Å²) in [5.41, 5.74) is 2.75. The predicted molar refractivity (Wildman–Crippen MR) is 107 cm³/mol. The zero-order chi connectivity index (χ0) is 17.0. The highest BCUT2D eigenvalue weighted by Crippen LogP contribution is 2.31. The van der Waals surface area contributed by atoms with Crippen molar-refractivity contribution in [3.63, 3.8) is 0 Å². The number of aromatic nitrogens is 3. The van der Waals surface area contributed by atoms with Gasteiger partial charge in [-0.05, 0) is 24.6 Å². The molecule has 3 saturated heterocycles. The number of nitrogens with zero attached hydrogens (tertiary/aromatic N) is 5. The summed E-state index contributed by atoms with van der Waals surface area (Å²) in [5, 5.41) is 26.9. The summed E-state index contributed by atoms with van der Waals surface area (Å²) in [7, 11) is 0. The Morgan fingerprint density at radius 1 is 1.19 bits per heavy atom. The molecular formula is C18H18Cl2N6O. The fourth-order valence-corrected chi connectivity index (χ4v) is 3.84. The number of hydrogen-bond donors (Lipinski definition) is 2. The number of rotatable bonds is 2. The monoisotopic (exact) mass is 404 g/mol. The van der Waals surface area contributed by atoms with Gasteiger partial charge >= 0.3 is 0 Å². The van der Waals surface area contributed by atoms with Crippen LogP contribution < -0.4 is 10.2 Å². The van der Waals surface area contributed by atoms with Crippen molar-refractivity contribution < 1.29 is 5.11 Å². The zero-order valence-corrected chi connectivity index (χ0v) is 15.9. The number of fused-ring (bicyclic) bond motifs is 3. The van der Waals surface area contributed by atoms with Gasteiger partial charge in [-0.25, -0.2) is 9.50 Å². The molecule has 3 aliphatic heterocycles. The minimum Gasteiger partial charge on any atom is -0.506 e. The molecule has 27 heavy (non-hydrogen) atoms. The molecule has 0 saturated carbocycles. The smallest absolute Gasteiger partial charge is 0.134 e. The van der Waals surface area contributed by atoms with Crippen molar-refractivity contribution in [2.75, 3.05) is 18.0 Å². The summed E-state index contributed by atoms with van der Waals surface area (Å²) in [5.74, 6) is 1.06. The van der Waals surface area contributed by atoms with Gasteiger partial charge in [0.05, 0.1) is 23.5 Å². The van der Waals surface area contributed by atoms with Crippen LogP contribution in [0.1, 0.15) is 12.0 Å². The van der Waals surface area contributed by atoms with Crippen LogP contribution in [-0.2, 0) is 0 Å². The van der Waals surface area contributed by atoms with Gasteiger partial charge in [-0.2, -0.15) is 10.4 Å². The third kappa shape index (κ3) is 3.16. The number of aromatic hydroxyl groups is 1. The maximum atomic E-state index is 9.97. The number of hydrogen-bond acceptors (Lipinski definition) is 6. The molecule has 0 aliphatic carbocycles. The van der Waals surface area contributed by atoms with Crippen molar-refractivity contribution in [1.82, 2.24) is 19.9 Å². The predicted octanol–water partition coefficient (Wildman–Crippen LogP) is 2.37. The number of nitriles is 1. The Morgan fingerprint density at radius 3 is 2.56 bits per heavy atom. The van der Waals surface area contributed by atoms with E-state index in [1.54, 1.807) is 12.3 Å². The Morgan fingerprint density at radius 2 is 1.93 bits per heavy atom. The summed E-state index contributed by atoms with van der Waals surface area (Å²) in [6, 6.07) is 8.95. The lowest BCUT2D eigenvalue weighted by molar-refractivity contribution is 0.225. The van der Waals surface area contributed by atoms with Crippen molar-refractivity contribution in [1.29, 1.82) is 5.26 Å². The molecule has 0 spiro atoms. The average molecular weight is 405 g/mol. The fourth-order valence-electron chi connectivity index (χ4n) is 3.84. The summed E-state index contributed by atoms with van der Waals surface area (Å²) in [4.78, 5) is 6.92. The lowest BCUT2D eigenvalue weighted by Gasteiger charge is -2.48. The molecule has 9 heteroatoms. The summed E-state index contributed by atoms with van der Waals surface area (Å²) in [6.07, 6.45) is 6.06. The molecule has 3 aromatic heterocycles. The third-order valence-corrected chi connectivity index (χ3v) is 5.02. The van der Waals surface area contributed by atoms with Crippen LogP contribution in [0.25, 0.3) is 16.6 Å². The topological polar surface area (TPSA) is 89.5 Å². The first kappa shape index (κ1) is 19.2. The van der Waals surface area contributed by atoms with Gasteiger partial charge in [0.15, 0.2) is 0 Å². The van der Waals surface area contributed by atoms with E-state index in [4.69, 9.17) is 0 Å². The minimum atomic E-state index is 0. The van der Waals surface area contributed by atoms with E-state index in [2.05, 4.69) is 26.4 Å². The largest absolute Gasteiger partial charge is 0.506 e. The van der Waals surface area contributed by atoms with Gasteiger partial charge in [-0.15, -0.1) is 24.8 Å².